The van der Waals surface area contributed by atoms with Crippen molar-refractivity contribution < 1.29 is 8.97 Å². The van der Waals surface area contributed by atoms with Gasteiger partial charge in [-0.05, 0) is 0 Å². The number of hydrogen-bond acceptors (Lipinski definition) is 0. The van der Waals surface area contributed by atoms with E-state index in [9.17, 15) is 4.39 Å². The molecule has 0 aromatic carbocycles. The summed E-state index contributed by atoms with van der Waals surface area (Å²) in [6.07, 6.45) is 2.58. The van der Waals surface area contributed by atoms with Crippen molar-refractivity contribution in [2.45, 2.75) is 13.3 Å². The molecule has 0 aromatic heterocycles. The molecule has 0 amide bonds. The van der Waals surface area contributed by atoms with Crippen molar-refractivity contribution >= 4 is 6.21 Å². The molecule has 0 saturated heterocycles. The molecule has 8 heavy (non-hydrogen) atoms. The zero-order valence-corrected chi connectivity index (χ0v) is 5.52. The molecule has 0 aliphatic heterocycles. The molecule has 0 aromatic rings. The molecule has 2 heteroatoms. The quantitative estimate of drug-likeness (QED) is 0.385. The lowest BCUT2D eigenvalue weighted by Crippen LogP contribution is -2.07. The molecule has 0 heterocycles. The van der Waals surface area contributed by atoms with Crippen molar-refractivity contribution in [2.75, 3.05) is 20.3 Å². The Bertz CT molecular complexity index is 78.6. The van der Waals surface area contributed by atoms with Gasteiger partial charge in [0.2, 0.25) is 0 Å². The highest BCUT2D eigenvalue weighted by Crippen LogP contribution is 1.78. The predicted octanol–water partition coefficient (Wildman–Crippen LogP) is 1.08. The van der Waals surface area contributed by atoms with E-state index in [2.05, 4.69) is 0 Å². The molecule has 1 nitrogen and oxygen atoms in total. The number of nitrogens with zero attached hydrogens (tertiary/aromatic N) is 1. The summed E-state index contributed by atoms with van der Waals surface area (Å²) >= 11 is 0. The molecule has 0 radical (unpaired) electrons. The van der Waals surface area contributed by atoms with Crippen molar-refractivity contribution in [3.05, 3.63) is 0 Å². The summed E-state index contributed by atoms with van der Waals surface area (Å²) in [5, 5.41) is 0. The van der Waals surface area contributed by atoms with Gasteiger partial charge in [0.1, 0.15) is 19.8 Å². The first-order chi connectivity index (χ1) is 3.81. The molecular formula is C6H13FN+. The molecule has 0 N–H and O–H groups in total. The predicted molar refractivity (Wildman–Crippen MR) is 33.4 cm³/mol. The third kappa shape index (κ3) is 3.78. The van der Waals surface area contributed by atoms with E-state index < -0.39 is 0 Å². The maximum Gasteiger partial charge on any atom is 0.144 e. The summed E-state index contributed by atoms with van der Waals surface area (Å²) < 4.78 is 13.4. The number of rotatable bonds is 3. The highest BCUT2D eigenvalue weighted by atomic mass is 19.1. The van der Waals surface area contributed by atoms with Crippen molar-refractivity contribution in [1.29, 1.82) is 0 Å². The third-order valence-electron chi connectivity index (χ3n) is 1.09. The monoisotopic (exact) mass is 118 g/mol. The minimum atomic E-state index is -0.210. The normalized spacial score (nSPS) is 12.1. The van der Waals surface area contributed by atoms with Gasteiger partial charge < -0.3 is 0 Å². The standard InChI is InChI=1S/C6H13FN/c1-3-8(2)6-4-5-7/h3H,4-6H2,1-2H3/q+1. The van der Waals surface area contributed by atoms with Gasteiger partial charge in [-0.25, -0.2) is 4.58 Å². The van der Waals surface area contributed by atoms with Gasteiger partial charge in [-0.2, -0.15) is 0 Å². The summed E-state index contributed by atoms with van der Waals surface area (Å²) in [6, 6.07) is 0. The van der Waals surface area contributed by atoms with E-state index in [4.69, 9.17) is 0 Å². The first kappa shape index (κ1) is 7.60. The average molecular weight is 118 g/mol. The molecule has 48 valence electrons. The minimum Gasteiger partial charge on any atom is -0.251 e. The van der Waals surface area contributed by atoms with E-state index in [1.807, 2.05) is 24.8 Å². The van der Waals surface area contributed by atoms with E-state index in [0.29, 0.717) is 6.42 Å². The van der Waals surface area contributed by atoms with Crippen LogP contribution < -0.4 is 0 Å². The molecule has 0 saturated carbocycles. The van der Waals surface area contributed by atoms with Crippen LogP contribution in [0.25, 0.3) is 0 Å². The lowest BCUT2D eigenvalue weighted by Gasteiger charge is -1.89. The van der Waals surface area contributed by atoms with E-state index >= 15 is 0 Å². The van der Waals surface area contributed by atoms with Crippen LogP contribution in [0.2, 0.25) is 0 Å². The van der Waals surface area contributed by atoms with Crippen molar-refractivity contribution in [3.8, 4) is 0 Å². The molecule has 0 aliphatic rings. The maximum atomic E-state index is 11.4. The topological polar surface area (TPSA) is 3.01 Å². The second-order valence-electron chi connectivity index (χ2n) is 1.78. The number of halogens is 1. The maximum absolute atomic E-state index is 11.4. The van der Waals surface area contributed by atoms with Crippen LogP contribution in [-0.4, -0.2) is 31.1 Å². The Morgan fingerprint density at radius 3 is 2.62 bits per heavy atom. The summed E-state index contributed by atoms with van der Waals surface area (Å²) in [5.74, 6) is 0. The van der Waals surface area contributed by atoms with Gasteiger partial charge in [-0.1, -0.05) is 0 Å². The highest BCUT2D eigenvalue weighted by molar-refractivity contribution is 5.46. The lowest BCUT2D eigenvalue weighted by molar-refractivity contribution is -0.493. The first-order valence-corrected chi connectivity index (χ1v) is 2.87. The lowest BCUT2D eigenvalue weighted by atomic mass is 10.4. The minimum absolute atomic E-state index is 0.210. The van der Waals surface area contributed by atoms with Gasteiger partial charge in [0, 0.05) is 13.3 Å². The van der Waals surface area contributed by atoms with Crippen LogP contribution in [0.4, 0.5) is 4.39 Å². The fourth-order valence-corrected chi connectivity index (χ4v) is 0.438. The van der Waals surface area contributed by atoms with E-state index in [1.54, 1.807) is 0 Å². The summed E-state index contributed by atoms with van der Waals surface area (Å²) in [7, 11) is 1.94. The Kier molecular flexibility index (Phi) is 4.51. The van der Waals surface area contributed by atoms with E-state index in [1.165, 1.54) is 0 Å². The van der Waals surface area contributed by atoms with Crippen LogP contribution in [0.5, 0.6) is 0 Å². The van der Waals surface area contributed by atoms with Gasteiger partial charge >= 0.3 is 0 Å². The van der Waals surface area contributed by atoms with Crippen molar-refractivity contribution in [2.24, 2.45) is 0 Å². The summed E-state index contributed by atoms with van der Waals surface area (Å²) in [5.41, 5.74) is 0. The Labute approximate surface area is 49.8 Å². The SMILES string of the molecule is CC=[N+](C)CCCF. The smallest absolute Gasteiger partial charge is 0.144 e. The summed E-state index contributed by atoms with van der Waals surface area (Å²) in [6.45, 7) is 2.56. The van der Waals surface area contributed by atoms with Gasteiger partial charge in [-0.15, -0.1) is 0 Å². The third-order valence-corrected chi connectivity index (χ3v) is 1.09. The van der Waals surface area contributed by atoms with Gasteiger partial charge in [-0.3, -0.25) is 4.39 Å². The molecule has 0 atom stereocenters. The van der Waals surface area contributed by atoms with Crippen LogP contribution >= 0.6 is 0 Å². The van der Waals surface area contributed by atoms with E-state index in [-0.39, 0.29) is 6.67 Å². The molecule has 0 bridgehead atoms. The van der Waals surface area contributed by atoms with Crippen LogP contribution in [0.15, 0.2) is 0 Å². The zero-order valence-electron chi connectivity index (χ0n) is 5.52. The van der Waals surface area contributed by atoms with Crippen LogP contribution in [0.1, 0.15) is 13.3 Å². The largest absolute Gasteiger partial charge is 0.251 e. The van der Waals surface area contributed by atoms with Crippen LogP contribution in [0.3, 0.4) is 0 Å². The Morgan fingerprint density at radius 1 is 1.62 bits per heavy atom. The Balaban J connectivity index is 3.12. The zero-order chi connectivity index (χ0) is 6.41. The second-order valence-corrected chi connectivity index (χ2v) is 1.78. The van der Waals surface area contributed by atoms with Crippen LogP contribution in [-0.2, 0) is 0 Å². The number of hydrogen-bond donors (Lipinski definition) is 0. The average Bonchev–Trinajstić information content (AvgIpc) is 1.83. The fourth-order valence-electron chi connectivity index (χ4n) is 0.438. The van der Waals surface area contributed by atoms with Crippen LogP contribution in [0, 0.1) is 0 Å². The molecule has 0 spiro atoms. The van der Waals surface area contributed by atoms with Crippen molar-refractivity contribution in [1.82, 2.24) is 0 Å². The molecular weight excluding hydrogens is 105 g/mol. The first-order valence-electron chi connectivity index (χ1n) is 2.87. The summed E-state index contributed by atoms with van der Waals surface area (Å²) in [4.78, 5) is 0. The number of alkyl halides is 1. The van der Waals surface area contributed by atoms with E-state index in [0.717, 1.165) is 6.54 Å². The van der Waals surface area contributed by atoms with Gasteiger partial charge in [0.25, 0.3) is 0 Å². The van der Waals surface area contributed by atoms with Crippen molar-refractivity contribution in [3.63, 3.8) is 0 Å². The van der Waals surface area contributed by atoms with Gasteiger partial charge in [0.15, 0.2) is 0 Å². The molecule has 0 rings (SSSR count). The van der Waals surface area contributed by atoms with Gasteiger partial charge in [0.05, 0.1) is 6.67 Å². The fraction of sp³-hybridized carbons (Fsp3) is 0.833. The molecule has 0 aliphatic carbocycles. The second kappa shape index (κ2) is 4.75. The highest BCUT2D eigenvalue weighted by Gasteiger charge is 1.90. The molecule has 0 fully saturated rings. The molecule has 0 unspecified atom stereocenters. The Hall–Kier alpha value is -0.400. The Morgan fingerprint density at radius 2 is 2.25 bits per heavy atom.